The van der Waals surface area contributed by atoms with Crippen LogP contribution in [0.4, 0.5) is 5.82 Å². The van der Waals surface area contributed by atoms with E-state index >= 15 is 0 Å². The minimum atomic E-state index is -0.582. The summed E-state index contributed by atoms with van der Waals surface area (Å²) >= 11 is 6.13. The van der Waals surface area contributed by atoms with Gasteiger partial charge in [-0.2, -0.15) is 4.98 Å². The Morgan fingerprint density at radius 2 is 2.17 bits per heavy atom. The van der Waals surface area contributed by atoms with Gasteiger partial charge in [0, 0.05) is 11.6 Å². The third-order valence-electron chi connectivity index (χ3n) is 3.15. The molecule has 3 aromatic rings. The molecule has 0 aliphatic carbocycles. The van der Waals surface area contributed by atoms with Crippen molar-refractivity contribution in [2.24, 2.45) is 0 Å². The fourth-order valence-corrected chi connectivity index (χ4v) is 2.28. The largest absolute Gasteiger partial charge is 0.461 e. The number of carbonyl (C=O) groups is 1. The molecule has 0 atom stereocenters. The molecule has 0 spiro atoms. The molecule has 7 nitrogen and oxygen atoms in total. The van der Waals surface area contributed by atoms with E-state index < -0.39 is 5.97 Å². The van der Waals surface area contributed by atoms with Crippen LogP contribution in [0.2, 0.25) is 5.02 Å². The van der Waals surface area contributed by atoms with E-state index in [0.717, 1.165) is 5.56 Å². The lowest BCUT2D eigenvalue weighted by Crippen LogP contribution is -2.08. The summed E-state index contributed by atoms with van der Waals surface area (Å²) in [5.41, 5.74) is 1.16. The quantitative estimate of drug-likeness (QED) is 0.718. The van der Waals surface area contributed by atoms with Crippen molar-refractivity contribution in [2.45, 2.75) is 13.5 Å². The van der Waals surface area contributed by atoms with E-state index in [1.54, 1.807) is 13.0 Å². The summed E-state index contributed by atoms with van der Waals surface area (Å²) in [6.07, 6.45) is 1.33. The van der Waals surface area contributed by atoms with E-state index in [2.05, 4.69) is 20.4 Å². The number of carbonyl (C=O) groups excluding carboxylic acids is 1. The van der Waals surface area contributed by atoms with Crippen molar-refractivity contribution in [2.75, 3.05) is 11.9 Å². The third-order valence-corrected chi connectivity index (χ3v) is 3.51. The minimum absolute atomic E-state index is 0.0455. The van der Waals surface area contributed by atoms with Gasteiger partial charge in [-0.05, 0) is 18.6 Å². The maximum atomic E-state index is 12.0. The summed E-state index contributed by atoms with van der Waals surface area (Å²) in [6, 6.07) is 7.45. The van der Waals surface area contributed by atoms with Crippen LogP contribution in [-0.4, -0.2) is 27.7 Å². The van der Waals surface area contributed by atoms with Crippen LogP contribution in [0.1, 0.15) is 23.0 Å². The molecule has 0 radical (unpaired) electrons. The number of aromatic nitrogens is 3. The Balaban J connectivity index is 1.93. The first-order chi connectivity index (χ1) is 11.2. The molecule has 0 fully saturated rings. The van der Waals surface area contributed by atoms with Crippen molar-refractivity contribution in [3.8, 4) is 0 Å². The zero-order chi connectivity index (χ0) is 16.2. The van der Waals surface area contributed by atoms with Crippen molar-refractivity contribution in [1.82, 2.24) is 15.1 Å². The van der Waals surface area contributed by atoms with Crippen LogP contribution in [-0.2, 0) is 11.3 Å². The molecule has 0 saturated heterocycles. The molecule has 23 heavy (non-hydrogen) atoms. The average Bonchev–Trinajstić information content (AvgIpc) is 2.99. The van der Waals surface area contributed by atoms with Crippen LogP contribution in [0, 0.1) is 0 Å². The summed E-state index contributed by atoms with van der Waals surface area (Å²) < 4.78 is 10.0. The predicted octanol–water partition coefficient (Wildman–Crippen LogP) is 3.06. The Morgan fingerprint density at radius 1 is 1.35 bits per heavy atom. The van der Waals surface area contributed by atoms with Gasteiger partial charge < -0.3 is 14.6 Å². The number of nitrogens with zero attached hydrogens (tertiary/aromatic N) is 3. The lowest BCUT2D eigenvalue weighted by atomic mass is 10.2. The molecule has 118 valence electrons. The summed E-state index contributed by atoms with van der Waals surface area (Å²) in [7, 11) is 0. The lowest BCUT2D eigenvalue weighted by molar-refractivity contribution is 0.0517. The minimum Gasteiger partial charge on any atom is -0.461 e. The van der Waals surface area contributed by atoms with Crippen LogP contribution in [0.5, 0.6) is 0 Å². The maximum Gasteiger partial charge on any atom is 0.361 e. The second-order valence-electron chi connectivity index (χ2n) is 4.60. The second-order valence-corrected chi connectivity index (χ2v) is 5.01. The highest BCUT2D eigenvalue weighted by atomic mass is 35.5. The fraction of sp³-hybridized carbons (Fsp3) is 0.200. The first-order valence-electron chi connectivity index (χ1n) is 6.95. The van der Waals surface area contributed by atoms with Gasteiger partial charge in [-0.1, -0.05) is 35.0 Å². The Hall–Kier alpha value is -2.67. The van der Waals surface area contributed by atoms with Gasteiger partial charge >= 0.3 is 5.97 Å². The maximum absolute atomic E-state index is 12.0. The zero-order valence-electron chi connectivity index (χ0n) is 12.2. The molecular weight excluding hydrogens is 320 g/mol. The monoisotopic (exact) mass is 332 g/mol. The first-order valence-corrected chi connectivity index (χ1v) is 7.33. The molecule has 0 saturated carbocycles. The normalized spacial score (nSPS) is 10.7. The van der Waals surface area contributed by atoms with E-state index in [4.69, 9.17) is 20.9 Å². The van der Waals surface area contributed by atoms with Gasteiger partial charge in [-0.3, -0.25) is 0 Å². The molecule has 0 amide bonds. The van der Waals surface area contributed by atoms with Crippen LogP contribution in [0.3, 0.4) is 0 Å². The highest BCUT2D eigenvalue weighted by molar-refractivity contribution is 6.31. The molecule has 3 rings (SSSR count). The molecule has 0 unspecified atom stereocenters. The van der Waals surface area contributed by atoms with Crippen LogP contribution in [0.25, 0.3) is 11.1 Å². The van der Waals surface area contributed by atoms with Gasteiger partial charge in [-0.25, -0.2) is 9.78 Å². The van der Waals surface area contributed by atoms with E-state index in [-0.39, 0.29) is 18.0 Å². The zero-order valence-corrected chi connectivity index (χ0v) is 13.0. The van der Waals surface area contributed by atoms with Gasteiger partial charge in [-0.15, -0.1) is 0 Å². The number of hydrogen-bond acceptors (Lipinski definition) is 7. The number of rotatable bonds is 5. The van der Waals surface area contributed by atoms with Crippen LogP contribution in [0.15, 0.2) is 35.1 Å². The molecule has 0 bridgehead atoms. The smallest absolute Gasteiger partial charge is 0.361 e. The Bertz CT molecular complexity index is 850. The van der Waals surface area contributed by atoms with Gasteiger partial charge in [0.05, 0.1) is 6.61 Å². The summed E-state index contributed by atoms with van der Waals surface area (Å²) in [6.45, 7) is 2.38. The Morgan fingerprint density at radius 3 is 2.96 bits per heavy atom. The molecular formula is C15H13ClN4O3. The first kappa shape index (κ1) is 15.2. The molecule has 2 heterocycles. The van der Waals surface area contributed by atoms with Crippen molar-refractivity contribution < 1.29 is 14.1 Å². The molecule has 0 aliphatic rings. The van der Waals surface area contributed by atoms with Crippen molar-refractivity contribution in [3.05, 3.63) is 46.9 Å². The molecule has 0 aliphatic heterocycles. The van der Waals surface area contributed by atoms with E-state index in [9.17, 15) is 4.79 Å². The van der Waals surface area contributed by atoms with E-state index in [1.807, 2.05) is 18.2 Å². The molecule has 1 aromatic carbocycles. The SMILES string of the molecule is CCOC(=O)c1noc2ncnc(NCc3ccccc3Cl)c12. The molecule has 1 N–H and O–H groups in total. The molecule has 2 aromatic heterocycles. The highest BCUT2D eigenvalue weighted by Gasteiger charge is 2.22. The summed E-state index contributed by atoms with van der Waals surface area (Å²) in [4.78, 5) is 20.1. The van der Waals surface area contributed by atoms with E-state index in [1.165, 1.54) is 6.33 Å². The second kappa shape index (κ2) is 6.62. The number of nitrogens with one attached hydrogen (secondary N) is 1. The van der Waals surface area contributed by atoms with Gasteiger partial charge in [0.25, 0.3) is 5.71 Å². The number of hydrogen-bond donors (Lipinski definition) is 1. The highest BCUT2D eigenvalue weighted by Crippen LogP contribution is 2.25. The summed E-state index contributed by atoms with van der Waals surface area (Å²) in [5, 5.41) is 7.88. The number of fused-ring (bicyclic) bond motifs is 1. The third kappa shape index (κ3) is 3.09. The van der Waals surface area contributed by atoms with Gasteiger partial charge in [0.15, 0.2) is 0 Å². The van der Waals surface area contributed by atoms with Gasteiger partial charge in [0.1, 0.15) is 17.5 Å². The Labute approximate surface area is 136 Å². The average molecular weight is 333 g/mol. The fourth-order valence-electron chi connectivity index (χ4n) is 2.08. The van der Waals surface area contributed by atoms with Crippen molar-refractivity contribution >= 4 is 34.5 Å². The van der Waals surface area contributed by atoms with Crippen LogP contribution >= 0.6 is 11.6 Å². The number of benzene rings is 1. The number of anilines is 1. The lowest BCUT2D eigenvalue weighted by Gasteiger charge is -2.08. The number of ether oxygens (including phenoxy) is 1. The number of esters is 1. The summed E-state index contributed by atoms with van der Waals surface area (Å²) in [5.74, 6) is -0.152. The van der Waals surface area contributed by atoms with Crippen molar-refractivity contribution in [3.63, 3.8) is 0 Å². The van der Waals surface area contributed by atoms with Gasteiger partial charge in [0.2, 0.25) is 5.69 Å². The predicted molar refractivity (Wildman–Crippen MR) is 84.3 cm³/mol. The van der Waals surface area contributed by atoms with E-state index in [0.29, 0.717) is 22.8 Å². The van der Waals surface area contributed by atoms with Crippen molar-refractivity contribution in [1.29, 1.82) is 0 Å². The topological polar surface area (TPSA) is 90.1 Å². The molecule has 8 heteroatoms. The number of halogens is 1. The standard InChI is InChI=1S/C15H13ClN4O3/c1-2-22-15(21)12-11-13(18-8-19-14(11)23-20-12)17-7-9-5-3-4-6-10(9)16/h3-6,8H,2,7H2,1H3,(H,17,18,19). The Kier molecular flexibility index (Phi) is 4.38. The van der Waals surface area contributed by atoms with Crippen LogP contribution < -0.4 is 5.32 Å².